The first-order valence-electron chi connectivity index (χ1n) is 2.87. The summed E-state index contributed by atoms with van der Waals surface area (Å²) in [4.78, 5) is 0. The molecule has 1 nitrogen and oxygen atoms in total. The molecule has 1 rings (SSSR count). The smallest absolute Gasteiger partial charge is 0.361 e. The van der Waals surface area contributed by atoms with Crippen LogP contribution in [-0.4, -0.2) is 12.2 Å². The van der Waals surface area contributed by atoms with Gasteiger partial charge in [0.2, 0.25) is 0 Å². The van der Waals surface area contributed by atoms with Crippen molar-refractivity contribution >= 4 is 11.6 Å². The summed E-state index contributed by atoms with van der Waals surface area (Å²) in [5, 5.41) is 2.08. The van der Waals surface area contributed by atoms with Crippen LogP contribution in [0.1, 0.15) is 0 Å². The fraction of sp³-hybridized carbons (Fsp3) is 0.333. The minimum Gasteiger partial charge on any atom is -0.361 e. The lowest BCUT2D eigenvalue weighted by molar-refractivity contribution is -0.142. The minimum atomic E-state index is -4.27. The van der Waals surface area contributed by atoms with Crippen molar-refractivity contribution in [2.24, 2.45) is 0 Å². The highest BCUT2D eigenvalue weighted by Gasteiger charge is 2.38. The molecule has 5 heteroatoms. The number of halogens is 4. The van der Waals surface area contributed by atoms with Crippen molar-refractivity contribution < 1.29 is 13.2 Å². The Hall–Kier alpha value is -0.640. The summed E-state index contributed by atoms with van der Waals surface area (Å²) in [5.74, 6) is 0. The van der Waals surface area contributed by atoms with Gasteiger partial charge in [-0.15, -0.1) is 0 Å². The first-order chi connectivity index (χ1) is 5.00. The molecule has 0 aliphatic carbocycles. The molecular formula is C6H5ClF3N. The van der Waals surface area contributed by atoms with Crippen molar-refractivity contribution in [3.8, 4) is 0 Å². The maximum Gasteiger partial charge on any atom is 0.412 e. The molecule has 1 heterocycles. The van der Waals surface area contributed by atoms with E-state index in [1.54, 1.807) is 0 Å². The summed E-state index contributed by atoms with van der Waals surface area (Å²) in [5.41, 5.74) is 0. The van der Waals surface area contributed by atoms with Gasteiger partial charge in [-0.25, -0.2) is 0 Å². The Balaban J connectivity index is 2.67. The van der Waals surface area contributed by atoms with Gasteiger partial charge in [-0.05, 0) is 6.08 Å². The van der Waals surface area contributed by atoms with E-state index >= 15 is 0 Å². The van der Waals surface area contributed by atoms with Gasteiger partial charge in [0.1, 0.15) is 11.2 Å². The largest absolute Gasteiger partial charge is 0.412 e. The maximum absolute atomic E-state index is 11.9. The number of alkyl halides is 3. The molecule has 0 spiro atoms. The lowest BCUT2D eigenvalue weighted by Crippen LogP contribution is -2.40. The van der Waals surface area contributed by atoms with E-state index in [9.17, 15) is 13.2 Å². The van der Waals surface area contributed by atoms with Gasteiger partial charge >= 0.3 is 6.18 Å². The summed E-state index contributed by atoms with van der Waals surface area (Å²) in [6.45, 7) is 0. The van der Waals surface area contributed by atoms with Gasteiger partial charge in [0.15, 0.2) is 0 Å². The minimum absolute atomic E-state index is 0.00910. The predicted molar refractivity (Wildman–Crippen MR) is 36.1 cm³/mol. The van der Waals surface area contributed by atoms with Crippen molar-refractivity contribution in [1.82, 2.24) is 5.32 Å². The van der Waals surface area contributed by atoms with Crippen molar-refractivity contribution in [3.05, 3.63) is 23.4 Å². The Bertz CT molecular complexity index is 206. The number of hydrogen-bond acceptors (Lipinski definition) is 1. The molecule has 1 aliphatic rings. The highest BCUT2D eigenvalue weighted by molar-refractivity contribution is 6.29. The Labute approximate surface area is 66.5 Å². The van der Waals surface area contributed by atoms with Crippen LogP contribution in [0.4, 0.5) is 13.2 Å². The molecule has 0 radical (unpaired) electrons. The van der Waals surface area contributed by atoms with Gasteiger partial charge in [0.25, 0.3) is 0 Å². The van der Waals surface area contributed by atoms with Crippen LogP contribution in [0.15, 0.2) is 23.4 Å². The van der Waals surface area contributed by atoms with Crippen LogP contribution < -0.4 is 5.32 Å². The van der Waals surface area contributed by atoms with E-state index in [1.807, 2.05) is 0 Å². The average Bonchev–Trinajstić information content (AvgIpc) is 1.86. The highest BCUT2D eigenvalue weighted by atomic mass is 35.5. The molecule has 0 aromatic heterocycles. The highest BCUT2D eigenvalue weighted by Crippen LogP contribution is 2.24. The second-order valence-corrected chi connectivity index (χ2v) is 2.47. The zero-order valence-electron chi connectivity index (χ0n) is 5.32. The predicted octanol–water partition coefficient (Wildman–Crippen LogP) is 2.16. The Morgan fingerprint density at radius 1 is 1.45 bits per heavy atom. The summed E-state index contributed by atoms with van der Waals surface area (Å²) in [7, 11) is 0. The van der Waals surface area contributed by atoms with Gasteiger partial charge in [-0.3, -0.25) is 0 Å². The van der Waals surface area contributed by atoms with Crippen LogP contribution in [0.5, 0.6) is 0 Å². The number of allylic oxidation sites excluding steroid dienone is 2. The van der Waals surface area contributed by atoms with Gasteiger partial charge in [-0.1, -0.05) is 23.8 Å². The van der Waals surface area contributed by atoms with Crippen LogP contribution in [0.3, 0.4) is 0 Å². The lowest BCUT2D eigenvalue weighted by Gasteiger charge is -2.20. The molecule has 0 aromatic rings. The maximum atomic E-state index is 11.9. The third-order valence-corrected chi connectivity index (χ3v) is 1.43. The second-order valence-electron chi connectivity index (χ2n) is 2.06. The number of rotatable bonds is 0. The topological polar surface area (TPSA) is 12.0 Å². The number of dihydropyridines is 1. The van der Waals surface area contributed by atoms with Crippen molar-refractivity contribution in [3.63, 3.8) is 0 Å². The van der Waals surface area contributed by atoms with Gasteiger partial charge in [0.05, 0.1) is 0 Å². The zero-order valence-corrected chi connectivity index (χ0v) is 6.08. The van der Waals surface area contributed by atoms with Crippen LogP contribution >= 0.6 is 11.6 Å². The molecule has 1 atom stereocenters. The Morgan fingerprint density at radius 3 is 2.45 bits per heavy atom. The summed E-state index contributed by atoms with van der Waals surface area (Å²) < 4.78 is 35.7. The third kappa shape index (κ3) is 2.15. The molecule has 11 heavy (non-hydrogen) atoms. The van der Waals surface area contributed by atoms with Gasteiger partial charge < -0.3 is 5.32 Å². The second kappa shape index (κ2) is 2.77. The number of nitrogens with one attached hydrogen (secondary N) is 1. The summed E-state index contributed by atoms with van der Waals surface area (Å²) in [6, 6.07) is -1.65. The average molecular weight is 184 g/mol. The lowest BCUT2D eigenvalue weighted by atomic mass is 10.2. The molecule has 0 fully saturated rings. The third-order valence-electron chi connectivity index (χ3n) is 1.19. The van der Waals surface area contributed by atoms with Crippen LogP contribution in [0.2, 0.25) is 0 Å². The fourth-order valence-electron chi connectivity index (χ4n) is 0.687. The molecule has 0 amide bonds. The van der Waals surface area contributed by atoms with Crippen molar-refractivity contribution in [2.45, 2.75) is 12.2 Å². The summed E-state index contributed by atoms with van der Waals surface area (Å²) in [6.07, 6.45) is -0.627. The molecule has 62 valence electrons. The fourth-order valence-corrected chi connectivity index (χ4v) is 0.877. The van der Waals surface area contributed by atoms with Crippen molar-refractivity contribution in [2.75, 3.05) is 0 Å². The van der Waals surface area contributed by atoms with Crippen LogP contribution in [-0.2, 0) is 0 Å². The quantitative estimate of drug-likeness (QED) is 0.568. The molecule has 1 unspecified atom stereocenters. The molecule has 0 saturated heterocycles. The standard InChI is InChI=1S/C6H5ClF3N/c7-5-3-1-2-4(11-5)6(8,9)10/h1-4,11H. The molecule has 1 aliphatic heterocycles. The van der Waals surface area contributed by atoms with E-state index in [-0.39, 0.29) is 5.16 Å². The van der Waals surface area contributed by atoms with Gasteiger partial charge in [-0.2, -0.15) is 13.2 Å². The zero-order chi connectivity index (χ0) is 8.48. The van der Waals surface area contributed by atoms with Crippen LogP contribution in [0.25, 0.3) is 0 Å². The molecular weight excluding hydrogens is 179 g/mol. The van der Waals surface area contributed by atoms with Crippen molar-refractivity contribution in [1.29, 1.82) is 0 Å². The molecule has 1 N–H and O–H groups in total. The van der Waals surface area contributed by atoms with E-state index in [0.29, 0.717) is 0 Å². The van der Waals surface area contributed by atoms with E-state index in [4.69, 9.17) is 11.6 Å². The normalized spacial score (nSPS) is 24.4. The van der Waals surface area contributed by atoms with Crippen LogP contribution in [0, 0.1) is 0 Å². The molecule has 0 saturated carbocycles. The SMILES string of the molecule is FC(F)(F)C1C=CC=C(Cl)N1. The summed E-state index contributed by atoms with van der Waals surface area (Å²) >= 11 is 5.32. The first-order valence-corrected chi connectivity index (χ1v) is 3.25. The molecule has 0 bridgehead atoms. The van der Waals surface area contributed by atoms with E-state index in [0.717, 1.165) is 6.08 Å². The Morgan fingerprint density at radius 2 is 2.09 bits per heavy atom. The van der Waals surface area contributed by atoms with E-state index in [1.165, 1.54) is 12.2 Å². The molecule has 0 aromatic carbocycles. The van der Waals surface area contributed by atoms with E-state index in [2.05, 4.69) is 5.32 Å². The monoisotopic (exact) mass is 183 g/mol. The Kier molecular flexibility index (Phi) is 2.13. The number of hydrogen-bond donors (Lipinski definition) is 1. The van der Waals surface area contributed by atoms with Gasteiger partial charge in [0, 0.05) is 0 Å². The first kappa shape index (κ1) is 8.46. The van der Waals surface area contributed by atoms with E-state index < -0.39 is 12.2 Å².